The van der Waals surface area contributed by atoms with Crippen molar-refractivity contribution in [3.63, 3.8) is 0 Å². The second kappa shape index (κ2) is 5.45. The zero-order chi connectivity index (χ0) is 14.8. The van der Waals surface area contributed by atoms with Gasteiger partial charge in [-0.15, -0.1) is 5.10 Å². The van der Waals surface area contributed by atoms with Crippen LogP contribution in [-0.2, 0) is 17.6 Å². The molecule has 20 heavy (non-hydrogen) atoms. The molecule has 106 valence electrons. The van der Waals surface area contributed by atoms with Crippen molar-refractivity contribution in [1.29, 1.82) is 5.26 Å². The normalized spacial score (nSPS) is 16.1. The Morgan fingerprint density at radius 2 is 2.10 bits per heavy atom. The molecule has 1 saturated carbocycles. The van der Waals surface area contributed by atoms with E-state index in [1.165, 1.54) is 0 Å². The van der Waals surface area contributed by atoms with Crippen LogP contribution < -0.4 is 5.32 Å². The number of anilines is 1. The van der Waals surface area contributed by atoms with Gasteiger partial charge in [-0.2, -0.15) is 10.4 Å². The van der Waals surface area contributed by atoms with Crippen molar-refractivity contribution < 1.29 is 9.90 Å². The summed E-state index contributed by atoms with van der Waals surface area (Å²) in [5, 5.41) is 29.8. The SMILES string of the molecule is CCc1nnc(NC2(C(=O)O)CCC2)c(C#N)c1CC. The van der Waals surface area contributed by atoms with Crippen LogP contribution in [-0.4, -0.2) is 26.8 Å². The highest BCUT2D eigenvalue weighted by Crippen LogP contribution is 2.36. The molecule has 1 fully saturated rings. The smallest absolute Gasteiger partial charge is 0.329 e. The van der Waals surface area contributed by atoms with Crippen LogP contribution in [0.2, 0.25) is 0 Å². The van der Waals surface area contributed by atoms with E-state index in [1.54, 1.807) is 0 Å². The minimum Gasteiger partial charge on any atom is -0.480 e. The molecular weight excluding hydrogens is 256 g/mol. The fourth-order valence-electron chi connectivity index (χ4n) is 2.53. The Hall–Kier alpha value is -2.16. The zero-order valence-corrected chi connectivity index (χ0v) is 11.7. The topological polar surface area (TPSA) is 98.9 Å². The Bertz CT molecular complexity index is 573. The van der Waals surface area contributed by atoms with Crippen molar-refractivity contribution in [1.82, 2.24) is 10.2 Å². The van der Waals surface area contributed by atoms with Crippen LogP contribution in [0.1, 0.15) is 49.9 Å². The van der Waals surface area contributed by atoms with E-state index in [0.717, 1.165) is 17.7 Å². The van der Waals surface area contributed by atoms with E-state index in [4.69, 9.17) is 0 Å². The van der Waals surface area contributed by atoms with Crippen LogP contribution in [0.15, 0.2) is 0 Å². The Balaban J connectivity index is 2.43. The van der Waals surface area contributed by atoms with Gasteiger partial charge in [0.05, 0.1) is 5.69 Å². The Labute approximate surface area is 117 Å². The van der Waals surface area contributed by atoms with Gasteiger partial charge >= 0.3 is 5.97 Å². The highest BCUT2D eigenvalue weighted by Gasteiger charge is 2.45. The van der Waals surface area contributed by atoms with Crippen LogP contribution >= 0.6 is 0 Å². The lowest BCUT2D eigenvalue weighted by Gasteiger charge is -2.38. The van der Waals surface area contributed by atoms with Gasteiger partial charge in [-0.3, -0.25) is 0 Å². The second-order valence-corrected chi connectivity index (χ2v) is 5.03. The van der Waals surface area contributed by atoms with E-state index in [2.05, 4.69) is 21.6 Å². The number of carbonyl (C=O) groups is 1. The summed E-state index contributed by atoms with van der Waals surface area (Å²) < 4.78 is 0. The number of aliphatic carboxylic acids is 1. The molecule has 2 rings (SSSR count). The molecule has 1 aromatic rings. The standard InChI is InChI=1S/C14H18N4O2/c1-3-9-10(8-15)12(18-17-11(9)4-2)16-14(13(19)20)6-5-7-14/h3-7H2,1-2H3,(H,16,18)(H,19,20). The Morgan fingerprint density at radius 1 is 1.40 bits per heavy atom. The van der Waals surface area contributed by atoms with E-state index in [9.17, 15) is 15.2 Å². The maximum absolute atomic E-state index is 11.4. The number of rotatable bonds is 5. The van der Waals surface area contributed by atoms with Crippen LogP contribution in [0.3, 0.4) is 0 Å². The monoisotopic (exact) mass is 274 g/mol. The fraction of sp³-hybridized carbons (Fsp3) is 0.571. The summed E-state index contributed by atoms with van der Waals surface area (Å²) in [5.41, 5.74) is 1.09. The average molecular weight is 274 g/mol. The third kappa shape index (κ3) is 2.20. The number of aromatic nitrogens is 2. The first-order valence-corrected chi connectivity index (χ1v) is 6.88. The molecule has 6 heteroatoms. The number of nitriles is 1. The van der Waals surface area contributed by atoms with Gasteiger partial charge in [0.1, 0.15) is 17.2 Å². The summed E-state index contributed by atoms with van der Waals surface area (Å²) in [6.45, 7) is 3.92. The molecule has 0 radical (unpaired) electrons. The van der Waals surface area contributed by atoms with E-state index in [-0.39, 0.29) is 0 Å². The van der Waals surface area contributed by atoms with Gasteiger partial charge < -0.3 is 10.4 Å². The quantitative estimate of drug-likeness (QED) is 0.850. The minimum atomic E-state index is -0.987. The maximum Gasteiger partial charge on any atom is 0.329 e. The summed E-state index contributed by atoms with van der Waals surface area (Å²) in [6.07, 6.45) is 3.34. The fourth-order valence-corrected chi connectivity index (χ4v) is 2.53. The number of aryl methyl sites for hydroxylation is 1. The summed E-state index contributed by atoms with van der Waals surface area (Å²) in [4.78, 5) is 11.4. The van der Waals surface area contributed by atoms with Crippen LogP contribution in [0, 0.1) is 11.3 Å². The number of nitrogens with zero attached hydrogens (tertiary/aromatic N) is 3. The molecule has 0 unspecified atom stereocenters. The van der Waals surface area contributed by atoms with Crippen LogP contribution in [0.5, 0.6) is 0 Å². The van der Waals surface area contributed by atoms with Crippen molar-refractivity contribution >= 4 is 11.8 Å². The number of hydrogen-bond acceptors (Lipinski definition) is 5. The molecule has 1 heterocycles. The van der Waals surface area contributed by atoms with Gasteiger partial charge in [0.15, 0.2) is 5.82 Å². The lowest BCUT2D eigenvalue weighted by molar-refractivity contribution is -0.145. The number of nitrogens with one attached hydrogen (secondary N) is 1. The third-order valence-corrected chi connectivity index (χ3v) is 3.93. The van der Waals surface area contributed by atoms with Crippen molar-refractivity contribution in [2.75, 3.05) is 5.32 Å². The maximum atomic E-state index is 11.4. The number of carboxylic acids is 1. The van der Waals surface area contributed by atoms with Crippen molar-refractivity contribution in [3.05, 3.63) is 16.8 Å². The van der Waals surface area contributed by atoms with E-state index in [1.807, 2.05) is 13.8 Å². The second-order valence-electron chi connectivity index (χ2n) is 5.03. The van der Waals surface area contributed by atoms with E-state index in [0.29, 0.717) is 37.1 Å². The molecule has 1 aliphatic rings. The van der Waals surface area contributed by atoms with Gasteiger partial charge in [0.2, 0.25) is 0 Å². The summed E-state index contributed by atoms with van der Waals surface area (Å²) in [5.74, 6) is -0.601. The van der Waals surface area contributed by atoms with E-state index < -0.39 is 11.5 Å². The average Bonchev–Trinajstić information content (AvgIpc) is 2.41. The third-order valence-electron chi connectivity index (χ3n) is 3.93. The van der Waals surface area contributed by atoms with Gasteiger partial charge in [-0.05, 0) is 37.7 Å². The molecule has 0 aromatic carbocycles. The largest absolute Gasteiger partial charge is 0.480 e. The van der Waals surface area contributed by atoms with Crippen LogP contribution in [0.25, 0.3) is 0 Å². The van der Waals surface area contributed by atoms with Gasteiger partial charge in [-0.1, -0.05) is 13.8 Å². The molecule has 2 N–H and O–H groups in total. The highest BCUT2D eigenvalue weighted by molar-refractivity contribution is 5.84. The molecule has 0 aliphatic heterocycles. The van der Waals surface area contributed by atoms with Crippen molar-refractivity contribution in [2.24, 2.45) is 0 Å². The van der Waals surface area contributed by atoms with Crippen LogP contribution in [0.4, 0.5) is 5.82 Å². The molecule has 0 atom stereocenters. The molecule has 1 aliphatic carbocycles. The lowest BCUT2D eigenvalue weighted by Crippen LogP contribution is -2.52. The summed E-state index contributed by atoms with van der Waals surface area (Å²) in [7, 11) is 0. The predicted octanol–water partition coefficient (Wildman–Crippen LogP) is 1.89. The molecule has 0 amide bonds. The molecule has 1 aromatic heterocycles. The summed E-state index contributed by atoms with van der Waals surface area (Å²) >= 11 is 0. The summed E-state index contributed by atoms with van der Waals surface area (Å²) in [6, 6.07) is 2.14. The Kier molecular flexibility index (Phi) is 3.89. The number of carboxylic acid groups (broad SMARTS) is 1. The van der Waals surface area contributed by atoms with Gasteiger partial charge in [0, 0.05) is 0 Å². The number of hydrogen-bond donors (Lipinski definition) is 2. The van der Waals surface area contributed by atoms with Crippen molar-refractivity contribution in [3.8, 4) is 6.07 Å². The molecule has 0 spiro atoms. The lowest BCUT2D eigenvalue weighted by atomic mass is 9.76. The van der Waals surface area contributed by atoms with Gasteiger partial charge in [0.25, 0.3) is 0 Å². The predicted molar refractivity (Wildman–Crippen MR) is 73.3 cm³/mol. The first-order valence-electron chi connectivity index (χ1n) is 6.88. The minimum absolute atomic E-state index is 0.295. The zero-order valence-electron chi connectivity index (χ0n) is 11.7. The van der Waals surface area contributed by atoms with Gasteiger partial charge in [-0.25, -0.2) is 4.79 Å². The first-order chi connectivity index (χ1) is 9.57. The molecule has 6 nitrogen and oxygen atoms in total. The van der Waals surface area contributed by atoms with Crippen molar-refractivity contribution in [2.45, 2.75) is 51.5 Å². The Morgan fingerprint density at radius 3 is 2.50 bits per heavy atom. The highest BCUT2D eigenvalue weighted by atomic mass is 16.4. The van der Waals surface area contributed by atoms with E-state index >= 15 is 0 Å². The molecule has 0 saturated heterocycles. The molecular formula is C14H18N4O2. The first kappa shape index (κ1) is 14.3. The molecule has 0 bridgehead atoms.